The average molecular weight is 296 g/mol. The summed E-state index contributed by atoms with van der Waals surface area (Å²) in [5, 5.41) is 3.58. The topological polar surface area (TPSA) is 21.3 Å². The Balaban J connectivity index is 2.03. The van der Waals surface area contributed by atoms with Crippen molar-refractivity contribution in [3.05, 3.63) is 0 Å². The molecule has 0 bridgehead atoms. The lowest BCUT2D eigenvalue weighted by molar-refractivity contribution is -0.146. The van der Waals surface area contributed by atoms with Crippen molar-refractivity contribution in [3.8, 4) is 0 Å². The molecule has 124 valence electrons. The summed E-state index contributed by atoms with van der Waals surface area (Å²) in [5.74, 6) is 1.61. The third-order valence-corrected chi connectivity index (χ3v) is 5.51. The number of likely N-dealkylation sites (N-methyl/N-ethyl adjacent to an activating group) is 1. The van der Waals surface area contributed by atoms with E-state index in [0.717, 1.165) is 24.9 Å². The van der Waals surface area contributed by atoms with Crippen LogP contribution in [0.4, 0.5) is 0 Å². The maximum atomic E-state index is 6.84. The lowest BCUT2D eigenvalue weighted by Crippen LogP contribution is -2.50. The largest absolute Gasteiger partial charge is 0.370 e. The van der Waals surface area contributed by atoms with Gasteiger partial charge in [-0.1, -0.05) is 47.5 Å². The Kier molecular flexibility index (Phi) is 5.76. The van der Waals surface area contributed by atoms with Gasteiger partial charge in [-0.2, -0.15) is 0 Å². The molecule has 0 aromatic carbocycles. The van der Waals surface area contributed by atoms with E-state index in [4.69, 9.17) is 4.74 Å². The second-order valence-corrected chi connectivity index (χ2v) is 8.82. The van der Waals surface area contributed by atoms with Gasteiger partial charge in [0.15, 0.2) is 0 Å². The first-order valence-electron chi connectivity index (χ1n) is 9.23. The van der Waals surface area contributed by atoms with Gasteiger partial charge in [0.1, 0.15) is 0 Å². The van der Waals surface area contributed by atoms with E-state index in [0.29, 0.717) is 11.5 Å². The highest BCUT2D eigenvalue weighted by molar-refractivity contribution is 4.92. The van der Waals surface area contributed by atoms with Gasteiger partial charge in [0.05, 0.1) is 11.7 Å². The lowest BCUT2D eigenvalue weighted by Gasteiger charge is -2.46. The second kappa shape index (κ2) is 7.00. The molecule has 2 aliphatic rings. The van der Waals surface area contributed by atoms with Gasteiger partial charge in [-0.15, -0.1) is 0 Å². The molecule has 4 atom stereocenters. The van der Waals surface area contributed by atoms with Crippen LogP contribution in [-0.2, 0) is 4.74 Å². The number of hydrogen-bond donors (Lipinski definition) is 1. The zero-order valence-electron chi connectivity index (χ0n) is 15.0. The van der Waals surface area contributed by atoms with Gasteiger partial charge >= 0.3 is 0 Å². The molecule has 1 N–H and O–H groups in total. The van der Waals surface area contributed by atoms with Gasteiger partial charge in [0, 0.05) is 6.54 Å². The van der Waals surface area contributed by atoms with Crippen LogP contribution < -0.4 is 5.32 Å². The summed E-state index contributed by atoms with van der Waals surface area (Å²) in [7, 11) is 0. The average Bonchev–Trinajstić information content (AvgIpc) is 2.33. The van der Waals surface area contributed by atoms with Crippen LogP contribution >= 0.6 is 0 Å². The Morgan fingerprint density at radius 3 is 2.48 bits per heavy atom. The van der Waals surface area contributed by atoms with Crippen molar-refractivity contribution >= 4 is 0 Å². The monoisotopic (exact) mass is 295 g/mol. The lowest BCUT2D eigenvalue weighted by atomic mass is 9.71. The summed E-state index contributed by atoms with van der Waals surface area (Å²) < 4.78 is 6.84. The molecule has 2 heteroatoms. The van der Waals surface area contributed by atoms with Crippen molar-refractivity contribution in [2.75, 3.05) is 13.1 Å². The van der Waals surface area contributed by atoms with Crippen molar-refractivity contribution in [2.45, 2.75) is 91.3 Å². The van der Waals surface area contributed by atoms with Gasteiger partial charge in [-0.25, -0.2) is 0 Å². The molecule has 0 spiro atoms. The molecule has 0 aliphatic heterocycles. The summed E-state index contributed by atoms with van der Waals surface area (Å²) in [6, 6.07) is 0. The quantitative estimate of drug-likeness (QED) is 0.788. The predicted octanol–water partition coefficient (Wildman–Crippen LogP) is 4.78. The molecule has 2 aliphatic carbocycles. The molecule has 0 saturated heterocycles. The zero-order chi connectivity index (χ0) is 15.5. The molecule has 0 heterocycles. The molecular formula is C19H37NO. The van der Waals surface area contributed by atoms with Crippen LogP contribution in [-0.4, -0.2) is 24.8 Å². The third kappa shape index (κ3) is 4.96. The second-order valence-electron chi connectivity index (χ2n) is 8.82. The number of nitrogens with one attached hydrogen (secondary N) is 1. The molecule has 2 saturated carbocycles. The molecule has 4 unspecified atom stereocenters. The smallest absolute Gasteiger partial charge is 0.0812 e. The summed E-state index contributed by atoms with van der Waals surface area (Å²) in [5.41, 5.74) is 0.549. The Bertz CT molecular complexity index is 328. The minimum Gasteiger partial charge on any atom is -0.370 e. The highest BCUT2D eigenvalue weighted by atomic mass is 16.5. The minimum absolute atomic E-state index is 0.103. The Morgan fingerprint density at radius 2 is 1.86 bits per heavy atom. The first-order valence-corrected chi connectivity index (χ1v) is 9.23. The van der Waals surface area contributed by atoms with Crippen LogP contribution in [0.5, 0.6) is 0 Å². The first-order chi connectivity index (χ1) is 9.84. The molecule has 0 amide bonds. The van der Waals surface area contributed by atoms with Crippen molar-refractivity contribution in [1.29, 1.82) is 0 Å². The number of ether oxygens (including phenoxy) is 1. The van der Waals surface area contributed by atoms with E-state index in [1.165, 1.54) is 44.9 Å². The van der Waals surface area contributed by atoms with Gasteiger partial charge in [0.25, 0.3) is 0 Å². The van der Waals surface area contributed by atoms with Crippen LogP contribution in [0.3, 0.4) is 0 Å². The van der Waals surface area contributed by atoms with Crippen LogP contribution in [0.15, 0.2) is 0 Å². The number of rotatable bonds is 5. The molecule has 0 radical (unpaired) electrons. The van der Waals surface area contributed by atoms with E-state index in [1.807, 2.05) is 0 Å². The van der Waals surface area contributed by atoms with Gasteiger partial charge < -0.3 is 10.1 Å². The van der Waals surface area contributed by atoms with E-state index in [2.05, 4.69) is 39.9 Å². The van der Waals surface area contributed by atoms with Crippen molar-refractivity contribution in [2.24, 2.45) is 17.3 Å². The fourth-order valence-electron chi connectivity index (χ4n) is 4.98. The van der Waals surface area contributed by atoms with Crippen LogP contribution in [0.25, 0.3) is 0 Å². The van der Waals surface area contributed by atoms with E-state index < -0.39 is 0 Å². The van der Waals surface area contributed by atoms with E-state index in [1.54, 1.807) is 0 Å². The maximum absolute atomic E-state index is 6.84. The van der Waals surface area contributed by atoms with Crippen molar-refractivity contribution in [1.82, 2.24) is 5.32 Å². The summed E-state index contributed by atoms with van der Waals surface area (Å²) in [6.45, 7) is 13.9. The summed E-state index contributed by atoms with van der Waals surface area (Å²) in [6.07, 6.45) is 9.50. The SMILES string of the molecule is CCNCC1(OC2CC(C)CC(C)(C)C2)CCCC(C)C1. The molecule has 0 aromatic rings. The van der Waals surface area contributed by atoms with Crippen molar-refractivity contribution in [3.63, 3.8) is 0 Å². The van der Waals surface area contributed by atoms with Gasteiger partial charge in [-0.3, -0.25) is 0 Å². The highest BCUT2D eigenvalue weighted by Crippen LogP contribution is 2.43. The van der Waals surface area contributed by atoms with Gasteiger partial charge in [-0.05, 0) is 55.9 Å². The molecule has 2 nitrogen and oxygen atoms in total. The zero-order valence-corrected chi connectivity index (χ0v) is 15.0. The van der Waals surface area contributed by atoms with E-state index >= 15 is 0 Å². The number of hydrogen-bond acceptors (Lipinski definition) is 2. The van der Waals surface area contributed by atoms with Crippen molar-refractivity contribution < 1.29 is 4.74 Å². The van der Waals surface area contributed by atoms with Crippen LogP contribution in [0.1, 0.15) is 79.6 Å². The molecule has 21 heavy (non-hydrogen) atoms. The standard InChI is InChI=1S/C19H37NO/c1-6-20-14-19(9-7-8-15(2)12-19)21-17-10-16(3)11-18(4,5)13-17/h15-17,20H,6-14H2,1-5H3. The fourth-order valence-corrected chi connectivity index (χ4v) is 4.98. The van der Waals surface area contributed by atoms with Gasteiger partial charge in [0.2, 0.25) is 0 Å². The van der Waals surface area contributed by atoms with E-state index in [-0.39, 0.29) is 5.60 Å². The van der Waals surface area contributed by atoms with Crippen LogP contribution in [0, 0.1) is 17.3 Å². The maximum Gasteiger partial charge on any atom is 0.0812 e. The highest BCUT2D eigenvalue weighted by Gasteiger charge is 2.41. The Hall–Kier alpha value is -0.0800. The normalized spacial score (nSPS) is 40.1. The summed E-state index contributed by atoms with van der Waals surface area (Å²) >= 11 is 0. The molecule has 2 rings (SSSR count). The molecule has 2 fully saturated rings. The van der Waals surface area contributed by atoms with E-state index in [9.17, 15) is 0 Å². The first kappa shape index (κ1) is 17.3. The molecular weight excluding hydrogens is 258 g/mol. The third-order valence-electron chi connectivity index (χ3n) is 5.51. The Labute approximate surface area is 132 Å². The molecule has 0 aromatic heterocycles. The summed E-state index contributed by atoms with van der Waals surface area (Å²) in [4.78, 5) is 0. The predicted molar refractivity (Wildman–Crippen MR) is 90.6 cm³/mol. The minimum atomic E-state index is 0.103. The fraction of sp³-hybridized carbons (Fsp3) is 1.00. The Morgan fingerprint density at radius 1 is 1.10 bits per heavy atom. The van der Waals surface area contributed by atoms with Crippen LogP contribution in [0.2, 0.25) is 0 Å².